The van der Waals surface area contributed by atoms with Gasteiger partial charge in [0.15, 0.2) is 5.76 Å². The highest BCUT2D eigenvalue weighted by atomic mass is 16.3. The molecule has 1 fully saturated rings. The predicted molar refractivity (Wildman–Crippen MR) is 101 cm³/mol. The number of phenols is 1. The van der Waals surface area contributed by atoms with Crippen molar-refractivity contribution in [3.63, 3.8) is 0 Å². The second-order valence-electron chi connectivity index (χ2n) is 6.41. The summed E-state index contributed by atoms with van der Waals surface area (Å²) in [6.45, 7) is 3.69. The highest BCUT2D eigenvalue weighted by Crippen LogP contribution is 2.20. The third-order valence-corrected chi connectivity index (χ3v) is 4.47. The van der Waals surface area contributed by atoms with E-state index in [1.54, 1.807) is 30.0 Å². The molecule has 1 aromatic carbocycles. The first kappa shape index (κ1) is 19.0. The molecule has 1 aromatic heterocycles. The van der Waals surface area contributed by atoms with Crippen molar-refractivity contribution in [1.82, 2.24) is 9.80 Å². The number of furan rings is 1. The maximum Gasteiger partial charge on any atom is 0.289 e. The summed E-state index contributed by atoms with van der Waals surface area (Å²) in [5.74, 6) is -0.293. The van der Waals surface area contributed by atoms with Gasteiger partial charge in [-0.1, -0.05) is 0 Å². The van der Waals surface area contributed by atoms with Gasteiger partial charge in [-0.2, -0.15) is 5.26 Å². The zero-order valence-corrected chi connectivity index (χ0v) is 15.4. The number of anilines is 1. The van der Waals surface area contributed by atoms with Crippen molar-refractivity contribution in [1.29, 1.82) is 5.26 Å². The van der Waals surface area contributed by atoms with E-state index >= 15 is 0 Å². The first-order valence-corrected chi connectivity index (χ1v) is 8.77. The molecule has 8 nitrogen and oxygen atoms in total. The Labute approximate surface area is 162 Å². The smallest absolute Gasteiger partial charge is 0.289 e. The maximum absolute atomic E-state index is 12.4. The topological polar surface area (TPSA) is 110 Å². The summed E-state index contributed by atoms with van der Waals surface area (Å²) in [6, 6.07) is 9.78. The van der Waals surface area contributed by atoms with Crippen LogP contribution < -0.4 is 5.32 Å². The number of benzene rings is 1. The Balaban J connectivity index is 1.61. The number of rotatable bonds is 4. The largest absolute Gasteiger partial charge is 0.508 e. The number of hydrogen-bond acceptors (Lipinski definition) is 6. The van der Waals surface area contributed by atoms with Crippen LogP contribution >= 0.6 is 0 Å². The molecule has 2 aromatic rings. The molecule has 28 heavy (non-hydrogen) atoms. The molecule has 1 aliphatic rings. The van der Waals surface area contributed by atoms with Crippen LogP contribution in [0.2, 0.25) is 0 Å². The van der Waals surface area contributed by atoms with E-state index in [1.165, 1.54) is 24.6 Å². The van der Waals surface area contributed by atoms with Crippen molar-refractivity contribution in [3.8, 4) is 11.8 Å². The van der Waals surface area contributed by atoms with Gasteiger partial charge in [0.25, 0.3) is 11.8 Å². The van der Waals surface area contributed by atoms with E-state index in [1.807, 2.05) is 11.0 Å². The lowest BCUT2D eigenvalue weighted by Gasteiger charge is -2.33. The van der Waals surface area contributed by atoms with Gasteiger partial charge < -0.3 is 24.6 Å². The summed E-state index contributed by atoms with van der Waals surface area (Å²) >= 11 is 0. The molecule has 0 saturated carbocycles. The summed E-state index contributed by atoms with van der Waals surface area (Å²) < 4.78 is 5.13. The number of aryl methyl sites for hydroxylation is 1. The van der Waals surface area contributed by atoms with Gasteiger partial charge in [0, 0.05) is 38.1 Å². The molecular formula is C20H20N4O4. The second-order valence-corrected chi connectivity index (χ2v) is 6.41. The number of phenolic OH excluding ortho intramolecular Hbond substituents is 1. The number of carbonyl (C=O) groups is 2. The van der Waals surface area contributed by atoms with Crippen LogP contribution in [0.5, 0.6) is 5.75 Å². The first-order chi connectivity index (χ1) is 13.5. The molecule has 0 radical (unpaired) electrons. The number of piperazine rings is 1. The lowest BCUT2D eigenvalue weighted by Crippen LogP contribution is -2.47. The van der Waals surface area contributed by atoms with Crippen molar-refractivity contribution in [2.45, 2.75) is 6.92 Å². The van der Waals surface area contributed by atoms with E-state index in [4.69, 9.17) is 4.42 Å². The van der Waals surface area contributed by atoms with Crippen molar-refractivity contribution < 1.29 is 19.1 Å². The standard InChI is InChI=1S/C20H20N4O4/c1-14-11-16(25)4-5-17(14)22-19(26)15(12-21)13-23-6-8-24(9-7-23)20(27)18-3-2-10-28-18/h2-5,10-11,13,25H,6-9H2,1H3,(H,22,26)/b15-13-. The summed E-state index contributed by atoms with van der Waals surface area (Å²) in [4.78, 5) is 28.2. The second kappa shape index (κ2) is 8.31. The number of nitrogens with zero attached hydrogens (tertiary/aromatic N) is 3. The Bertz CT molecular complexity index is 936. The molecule has 0 bridgehead atoms. The van der Waals surface area contributed by atoms with Gasteiger partial charge in [-0.3, -0.25) is 9.59 Å². The number of nitriles is 1. The zero-order valence-electron chi connectivity index (χ0n) is 15.4. The van der Waals surface area contributed by atoms with Crippen molar-refractivity contribution in [2.24, 2.45) is 0 Å². The minimum atomic E-state index is -0.523. The van der Waals surface area contributed by atoms with E-state index in [0.29, 0.717) is 43.2 Å². The Morgan fingerprint density at radius 1 is 1.25 bits per heavy atom. The fraction of sp³-hybridized carbons (Fsp3) is 0.250. The average Bonchev–Trinajstić information content (AvgIpc) is 3.23. The number of aromatic hydroxyl groups is 1. The normalized spacial score (nSPS) is 14.5. The molecule has 1 saturated heterocycles. The predicted octanol–water partition coefficient (Wildman–Crippen LogP) is 2.10. The van der Waals surface area contributed by atoms with Crippen LogP contribution in [0.1, 0.15) is 16.1 Å². The molecule has 0 aliphatic carbocycles. The van der Waals surface area contributed by atoms with Gasteiger partial charge >= 0.3 is 0 Å². The molecular weight excluding hydrogens is 360 g/mol. The summed E-state index contributed by atoms with van der Waals surface area (Å²) in [5.41, 5.74) is 1.19. The minimum absolute atomic E-state index is 0.0294. The molecule has 2 amide bonds. The molecule has 0 atom stereocenters. The van der Waals surface area contributed by atoms with Gasteiger partial charge in [-0.05, 0) is 42.8 Å². The third kappa shape index (κ3) is 4.32. The van der Waals surface area contributed by atoms with E-state index in [-0.39, 0.29) is 17.2 Å². The molecule has 2 N–H and O–H groups in total. The molecule has 2 heterocycles. The Hall–Kier alpha value is -3.73. The van der Waals surface area contributed by atoms with Crippen molar-refractivity contribution in [2.75, 3.05) is 31.5 Å². The Morgan fingerprint density at radius 2 is 2.00 bits per heavy atom. The van der Waals surface area contributed by atoms with Crippen LogP contribution in [0.4, 0.5) is 5.69 Å². The Morgan fingerprint density at radius 3 is 2.61 bits per heavy atom. The van der Waals surface area contributed by atoms with Crippen LogP contribution in [0.15, 0.2) is 52.8 Å². The maximum atomic E-state index is 12.4. The van der Waals surface area contributed by atoms with Crippen LogP contribution in [0, 0.1) is 18.3 Å². The number of hydrogen-bond donors (Lipinski definition) is 2. The fourth-order valence-corrected chi connectivity index (χ4v) is 2.91. The summed E-state index contributed by atoms with van der Waals surface area (Å²) in [7, 11) is 0. The van der Waals surface area contributed by atoms with Crippen LogP contribution in [-0.4, -0.2) is 52.9 Å². The monoisotopic (exact) mass is 380 g/mol. The first-order valence-electron chi connectivity index (χ1n) is 8.77. The van der Waals surface area contributed by atoms with Gasteiger partial charge in [0.05, 0.1) is 6.26 Å². The highest BCUT2D eigenvalue weighted by Gasteiger charge is 2.23. The van der Waals surface area contributed by atoms with E-state index in [2.05, 4.69) is 5.32 Å². The van der Waals surface area contributed by atoms with Gasteiger partial charge in [0.1, 0.15) is 17.4 Å². The van der Waals surface area contributed by atoms with Crippen molar-refractivity contribution in [3.05, 3.63) is 59.7 Å². The van der Waals surface area contributed by atoms with E-state index in [0.717, 1.165) is 0 Å². The van der Waals surface area contributed by atoms with Gasteiger partial charge in [0.2, 0.25) is 0 Å². The fourth-order valence-electron chi connectivity index (χ4n) is 2.91. The van der Waals surface area contributed by atoms with Crippen molar-refractivity contribution >= 4 is 17.5 Å². The number of amides is 2. The zero-order chi connectivity index (χ0) is 20.1. The third-order valence-electron chi connectivity index (χ3n) is 4.47. The van der Waals surface area contributed by atoms with Crippen LogP contribution in [-0.2, 0) is 4.79 Å². The highest BCUT2D eigenvalue weighted by molar-refractivity contribution is 6.06. The molecule has 3 rings (SSSR count). The van der Waals surface area contributed by atoms with E-state index in [9.17, 15) is 20.0 Å². The average molecular weight is 380 g/mol. The summed E-state index contributed by atoms with van der Waals surface area (Å²) in [6.07, 6.45) is 2.97. The molecule has 8 heteroatoms. The SMILES string of the molecule is Cc1cc(O)ccc1NC(=O)/C(C#N)=C\N1CCN(C(=O)c2ccco2)CC1. The molecule has 0 spiro atoms. The number of carbonyl (C=O) groups excluding carboxylic acids is 2. The molecule has 1 aliphatic heterocycles. The summed E-state index contributed by atoms with van der Waals surface area (Å²) in [5, 5.41) is 21.5. The quantitative estimate of drug-likeness (QED) is 0.478. The number of nitrogens with one attached hydrogen (secondary N) is 1. The minimum Gasteiger partial charge on any atom is -0.508 e. The van der Waals surface area contributed by atoms with Gasteiger partial charge in [-0.25, -0.2) is 0 Å². The molecule has 0 unspecified atom stereocenters. The Kier molecular flexibility index (Phi) is 5.65. The van der Waals surface area contributed by atoms with E-state index < -0.39 is 5.91 Å². The van der Waals surface area contributed by atoms with Gasteiger partial charge in [-0.15, -0.1) is 0 Å². The van der Waals surface area contributed by atoms with Crippen LogP contribution in [0.3, 0.4) is 0 Å². The van der Waals surface area contributed by atoms with Crippen LogP contribution in [0.25, 0.3) is 0 Å². The lowest BCUT2D eigenvalue weighted by atomic mass is 10.1. The molecule has 144 valence electrons. The lowest BCUT2D eigenvalue weighted by molar-refractivity contribution is -0.112.